The summed E-state index contributed by atoms with van der Waals surface area (Å²) in [4.78, 5) is 10.7. The molecular weight excluding hydrogens is 258 g/mol. The molecule has 0 saturated heterocycles. The van der Waals surface area contributed by atoms with Gasteiger partial charge in [-0.3, -0.25) is 0 Å². The second-order valence-corrected chi connectivity index (χ2v) is 5.29. The molecule has 0 fully saturated rings. The van der Waals surface area contributed by atoms with Gasteiger partial charge in [0.25, 0.3) is 0 Å². The third kappa shape index (κ3) is 2.86. The van der Waals surface area contributed by atoms with Crippen LogP contribution < -0.4 is 5.32 Å². The summed E-state index contributed by atoms with van der Waals surface area (Å²) in [6, 6.07) is 2.14. The van der Waals surface area contributed by atoms with E-state index in [9.17, 15) is 0 Å². The van der Waals surface area contributed by atoms with Crippen molar-refractivity contribution < 1.29 is 4.74 Å². The van der Waals surface area contributed by atoms with E-state index in [1.54, 1.807) is 24.8 Å². The van der Waals surface area contributed by atoms with Gasteiger partial charge in [0.05, 0.1) is 18.0 Å². The SMILES string of the molecule is COCC(CCl)Nc1ncnc2sc(C)cc12. The smallest absolute Gasteiger partial charge is 0.138 e. The lowest BCUT2D eigenvalue weighted by atomic mass is 10.3. The molecule has 0 aliphatic carbocycles. The molecule has 1 unspecified atom stereocenters. The van der Waals surface area contributed by atoms with Crippen molar-refractivity contribution in [2.75, 3.05) is 24.9 Å². The Labute approximate surface area is 109 Å². The number of hydrogen-bond donors (Lipinski definition) is 1. The summed E-state index contributed by atoms with van der Waals surface area (Å²) < 4.78 is 5.10. The maximum absolute atomic E-state index is 5.87. The number of anilines is 1. The van der Waals surface area contributed by atoms with Gasteiger partial charge in [-0.25, -0.2) is 9.97 Å². The Hall–Kier alpha value is -0.910. The van der Waals surface area contributed by atoms with Gasteiger partial charge in [-0.1, -0.05) is 0 Å². The van der Waals surface area contributed by atoms with Gasteiger partial charge in [0.2, 0.25) is 0 Å². The van der Waals surface area contributed by atoms with Gasteiger partial charge in [-0.2, -0.15) is 0 Å². The van der Waals surface area contributed by atoms with Crippen LogP contribution in [0.3, 0.4) is 0 Å². The number of fused-ring (bicyclic) bond motifs is 1. The molecule has 2 rings (SSSR count). The Morgan fingerprint density at radius 1 is 1.53 bits per heavy atom. The van der Waals surface area contributed by atoms with Crippen LogP contribution in [-0.4, -0.2) is 35.6 Å². The Kier molecular flexibility index (Phi) is 4.15. The minimum atomic E-state index is 0.0555. The lowest BCUT2D eigenvalue weighted by Gasteiger charge is -2.15. The highest BCUT2D eigenvalue weighted by molar-refractivity contribution is 7.18. The van der Waals surface area contributed by atoms with Crippen LogP contribution in [0.25, 0.3) is 10.2 Å². The number of nitrogens with zero attached hydrogens (tertiary/aromatic N) is 2. The van der Waals surface area contributed by atoms with Crippen LogP contribution in [-0.2, 0) is 4.74 Å². The average Bonchev–Trinajstić information content (AvgIpc) is 2.70. The molecule has 6 heteroatoms. The minimum Gasteiger partial charge on any atom is -0.383 e. The van der Waals surface area contributed by atoms with Gasteiger partial charge in [-0.15, -0.1) is 22.9 Å². The zero-order valence-electron chi connectivity index (χ0n) is 9.74. The highest BCUT2D eigenvalue weighted by atomic mass is 35.5. The maximum Gasteiger partial charge on any atom is 0.138 e. The average molecular weight is 272 g/mol. The molecule has 0 aromatic carbocycles. The van der Waals surface area contributed by atoms with Crippen molar-refractivity contribution in [3.63, 3.8) is 0 Å². The maximum atomic E-state index is 5.87. The first kappa shape index (κ1) is 12.5. The second-order valence-electron chi connectivity index (χ2n) is 3.75. The molecule has 0 saturated carbocycles. The molecule has 0 amide bonds. The third-order valence-corrected chi connectivity index (χ3v) is 3.68. The largest absolute Gasteiger partial charge is 0.383 e. The van der Waals surface area contributed by atoms with Crippen LogP contribution in [0, 0.1) is 6.92 Å². The highest BCUT2D eigenvalue weighted by Gasteiger charge is 2.11. The predicted molar refractivity (Wildman–Crippen MR) is 72.2 cm³/mol. The predicted octanol–water partition coefficient (Wildman–Crippen LogP) is 2.67. The molecule has 92 valence electrons. The van der Waals surface area contributed by atoms with Crippen molar-refractivity contribution >= 4 is 39.0 Å². The fourth-order valence-corrected chi connectivity index (χ4v) is 2.62. The Morgan fingerprint density at radius 3 is 3.06 bits per heavy atom. The van der Waals surface area contributed by atoms with E-state index in [0.29, 0.717) is 12.5 Å². The molecule has 17 heavy (non-hydrogen) atoms. The lowest BCUT2D eigenvalue weighted by molar-refractivity contribution is 0.191. The van der Waals surface area contributed by atoms with Crippen molar-refractivity contribution in [2.45, 2.75) is 13.0 Å². The number of methoxy groups -OCH3 is 1. The van der Waals surface area contributed by atoms with Gasteiger partial charge in [0.15, 0.2) is 0 Å². The molecule has 2 aromatic heterocycles. The van der Waals surface area contributed by atoms with Gasteiger partial charge in [-0.05, 0) is 13.0 Å². The molecule has 0 radical (unpaired) electrons. The van der Waals surface area contributed by atoms with Gasteiger partial charge in [0, 0.05) is 17.9 Å². The van der Waals surface area contributed by atoms with E-state index in [2.05, 4.69) is 28.3 Å². The molecular formula is C11H14ClN3OS. The number of ether oxygens (including phenoxy) is 1. The van der Waals surface area contributed by atoms with Crippen LogP contribution in [0.4, 0.5) is 5.82 Å². The van der Waals surface area contributed by atoms with Crippen LogP contribution in [0.5, 0.6) is 0 Å². The first-order valence-corrected chi connectivity index (χ1v) is 6.62. The fourth-order valence-electron chi connectivity index (χ4n) is 1.61. The van der Waals surface area contributed by atoms with Gasteiger partial charge in [0.1, 0.15) is 17.0 Å². The molecule has 0 aliphatic rings. The van der Waals surface area contributed by atoms with Crippen LogP contribution in [0.2, 0.25) is 0 Å². The number of halogens is 1. The first-order valence-electron chi connectivity index (χ1n) is 5.27. The van der Waals surface area contributed by atoms with Crippen molar-refractivity contribution in [1.82, 2.24) is 9.97 Å². The van der Waals surface area contributed by atoms with Gasteiger partial charge >= 0.3 is 0 Å². The zero-order chi connectivity index (χ0) is 12.3. The van der Waals surface area contributed by atoms with Gasteiger partial charge < -0.3 is 10.1 Å². The van der Waals surface area contributed by atoms with E-state index in [4.69, 9.17) is 16.3 Å². The molecule has 2 aromatic rings. The van der Waals surface area contributed by atoms with Crippen molar-refractivity contribution in [3.05, 3.63) is 17.3 Å². The number of aromatic nitrogens is 2. The Balaban J connectivity index is 2.28. The molecule has 1 N–H and O–H groups in total. The molecule has 0 bridgehead atoms. The highest BCUT2D eigenvalue weighted by Crippen LogP contribution is 2.27. The number of aryl methyl sites for hydroxylation is 1. The summed E-state index contributed by atoms with van der Waals surface area (Å²) in [5.74, 6) is 1.30. The van der Waals surface area contributed by atoms with Crippen LogP contribution in [0.1, 0.15) is 4.88 Å². The molecule has 2 heterocycles. The van der Waals surface area contributed by atoms with Crippen molar-refractivity contribution in [1.29, 1.82) is 0 Å². The number of hydrogen-bond acceptors (Lipinski definition) is 5. The van der Waals surface area contributed by atoms with E-state index in [0.717, 1.165) is 16.0 Å². The summed E-state index contributed by atoms with van der Waals surface area (Å²) in [6.45, 7) is 2.61. The van der Waals surface area contributed by atoms with E-state index in [1.807, 2.05) is 0 Å². The first-order chi connectivity index (χ1) is 8.24. The number of thiophene rings is 1. The van der Waals surface area contributed by atoms with Crippen LogP contribution >= 0.6 is 22.9 Å². The topological polar surface area (TPSA) is 47.0 Å². The fraction of sp³-hybridized carbons (Fsp3) is 0.455. The Bertz CT molecular complexity index is 502. The summed E-state index contributed by atoms with van der Waals surface area (Å²) >= 11 is 7.53. The summed E-state index contributed by atoms with van der Waals surface area (Å²) in [7, 11) is 1.66. The van der Waals surface area contributed by atoms with E-state index in [-0.39, 0.29) is 6.04 Å². The second kappa shape index (κ2) is 5.62. The van der Waals surface area contributed by atoms with E-state index in [1.165, 1.54) is 4.88 Å². The molecule has 1 atom stereocenters. The normalized spacial score (nSPS) is 12.9. The summed E-state index contributed by atoms with van der Waals surface area (Å²) in [5.41, 5.74) is 0. The molecule has 4 nitrogen and oxygen atoms in total. The Morgan fingerprint density at radius 2 is 2.35 bits per heavy atom. The lowest BCUT2D eigenvalue weighted by Crippen LogP contribution is -2.27. The number of nitrogens with one attached hydrogen (secondary N) is 1. The number of alkyl halides is 1. The standard InChI is InChI=1S/C11H14ClN3OS/c1-7-3-9-10(13-6-14-11(9)17-7)15-8(4-12)5-16-2/h3,6,8H,4-5H2,1-2H3,(H,13,14,15). The van der Waals surface area contributed by atoms with E-state index < -0.39 is 0 Å². The molecule has 0 spiro atoms. The summed E-state index contributed by atoms with van der Waals surface area (Å²) in [5, 5.41) is 4.33. The van der Waals surface area contributed by atoms with Crippen molar-refractivity contribution in [3.8, 4) is 0 Å². The monoisotopic (exact) mass is 271 g/mol. The number of rotatable bonds is 5. The minimum absolute atomic E-state index is 0.0555. The third-order valence-electron chi connectivity index (χ3n) is 2.35. The molecule has 0 aliphatic heterocycles. The summed E-state index contributed by atoms with van der Waals surface area (Å²) in [6.07, 6.45) is 1.57. The van der Waals surface area contributed by atoms with Crippen molar-refractivity contribution in [2.24, 2.45) is 0 Å². The quantitative estimate of drug-likeness (QED) is 0.850. The zero-order valence-corrected chi connectivity index (χ0v) is 11.3. The van der Waals surface area contributed by atoms with E-state index >= 15 is 0 Å². The van der Waals surface area contributed by atoms with Crippen LogP contribution in [0.15, 0.2) is 12.4 Å².